The van der Waals surface area contributed by atoms with Crippen LogP contribution in [0.3, 0.4) is 0 Å². The van der Waals surface area contributed by atoms with Gasteiger partial charge in [0.1, 0.15) is 5.76 Å². The molecule has 0 aromatic carbocycles. The van der Waals surface area contributed by atoms with E-state index in [-0.39, 0.29) is 5.76 Å². The molecule has 5 nitrogen and oxygen atoms in total. The molecule has 16 heavy (non-hydrogen) atoms. The third-order valence-electron chi connectivity index (χ3n) is 2.07. The first-order chi connectivity index (χ1) is 7.41. The van der Waals surface area contributed by atoms with Gasteiger partial charge in [0, 0.05) is 11.3 Å². The number of aromatic carboxylic acids is 1. The van der Waals surface area contributed by atoms with E-state index in [0.717, 1.165) is 5.56 Å². The van der Waals surface area contributed by atoms with E-state index in [1.807, 2.05) is 0 Å². The number of hydrogen-bond acceptors (Lipinski definition) is 4. The molecule has 1 rings (SSSR count). The summed E-state index contributed by atoms with van der Waals surface area (Å²) in [5, 5.41) is 16.9. The highest BCUT2D eigenvalue weighted by Gasteiger charge is 2.16. The molecule has 0 aliphatic heterocycles. The quantitative estimate of drug-likeness (QED) is 0.823. The number of carboxylic acids is 2. The number of aryl methyl sites for hydroxylation is 1. The van der Waals surface area contributed by atoms with Crippen molar-refractivity contribution in [1.29, 1.82) is 0 Å². The highest BCUT2D eigenvalue weighted by molar-refractivity contribution is 7.99. The van der Waals surface area contributed by atoms with Crippen molar-refractivity contribution in [2.45, 2.75) is 24.9 Å². The standard InChI is InChI=1S/C10H12O5S/c1-5-7(3-8(15-5)10(13)14)4-16-6(2)9(11)12/h3,6H,4H2,1-2H3,(H,11,12)(H,13,14). The molecule has 0 aliphatic carbocycles. The van der Waals surface area contributed by atoms with Crippen molar-refractivity contribution in [3.05, 3.63) is 23.2 Å². The van der Waals surface area contributed by atoms with Crippen molar-refractivity contribution >= 4 is 23.7 Å². The average Bonchev–Trinajstić information content (AvgIpc) is 2.56. The SMILES string of the molecule is Cc1oc(C(=O)O)cc1CSC(C)C(=O)O. The van der Waals surface area contributed by atoms with Gasteiger partial charge in [-0.25, -0.2) is 4.79 Å². The maximum Gasteiger partial charge on any atom is 0.371 e. The van der Waals surface area contributed by atoms with E-state index in [1.54, 1.807) is 13.8 Å². The van der Waals surface area contributed by atoms with Gasteiger partial charge in [0.15, 0.2) is 0 Å². The molecule has 0 saturated carbocycles. The van der Waals surface area contributed by atoms with Gasteiger partial charge in [-0.15, -0.1) is 11.8 Å². The summed E-state index contributed by atoms with van der Waals surface area (Å²) in [5.41, 5.74) is 0.718. The van der Waals surface area contributed by atoms with Gasteiger partial charge in [-0.1, -0.05) is 0 Å². The summed E-state index contributed by atoms with van der Waals surface area (Å²) in [6.45, 7) is 3.24. The fourth-order valence-electron chi connectivity index (χ4n) is 1.05. The summed E-state index contributed by atoms with van der Waals surface area (Å²) < 4.78 is 5.01. The van der Waals surface area contributed by atoms with E-state index in [1.165, 1.54) is 17.8 Å². The molecule has 0 saturated heterocycles. The molecular formula is C10H12O5S. The van der Waals surface area contributed by atoms with Gasteiger partial charge in [-0.3, -0.25) is 4.79 Å². The normalized spacial score (nSPS) is 12.4. The summed E-state index contributed by atoms with van der Waals surface area (Å²) in [6, 6.07) is 1.43. The number of carbonyl (C=O) groups is 2. The van der Waals surface area contributed by atoms with Crippen molar-refractivity contribution in [1.82, 2.24) is 0 Å². The Hall–Kier alpha value is -1.43. The zero-order valence-corrected chi connectivity index (χ0v) is 9.71. The van der Waals surface area contributed by atoms with E-state index in [4.69, 9.17) is 14.6 Å². The summed E-state index contributed by atoms with van der Waals surface area (Å²) >= 11 is 1.22. The lowest BCUT2D eigenvalue weighted by molar-refractivity contribution is -0.136. The van der Waals surface area contributed by atoms with Crippen molar-refractivity contribution in [2.75, 3.05) is 0 Å². The molecule has 1 aromatic rings. The molecule has 0 radical (unpaired) electrons. The summed E-state index contributed by atoms with van der Waals surface area (Å²) in [6.07, 6.45) is 0. The van der Waals surface area contributed by atoms with E-state index < -0.39 is 17.2 Å². The van der Waals surface area contributed by atoms with Crippen LogP contribution in [-0.2, 0) is 10.5 Å². The second kappa shape index (κ2) is 5.07. The van der Waals surface area contributed by atoms with Gasteiger partial charge in [0.25, 0.3) is 0 Å². The highest BCUT2D eigenvalue weighted by Crippen LogP contribution is 2.23. The number of rotatable bonds is 5. The Morgan fingerprint density at radius 2 is 2.12 bits per heavy atom. The fraction of sp³-hybridized carbons (Fsp3) is 0.400. The monoisotopic (exact) mass is 244 g/mol. The number of hydrogen-bond donors (Lipinski definition) is 2. The first kappa shape index (κ1) is 12.6. The van der Waals surface area contributed by atoms with Gasteiger partial charge in [-0.05, 0) is 19.9 Å². The van der Waals surface area contributed by atoms with E-state index in [2.05, 4.69) is 0 Å². The maximum absolute atomic E-state index is 10.6. The largest absolute Gasteiger partial charge is 0.480 e. The molecule has 0 amide bonds. The molecule has 1 atom stereocenters. The van der Waals surface area contributed by atoms with Gasteiger partial charge >= 0.3 is 11.9 Å². The smallest absolute Gasteiger partial charge is 0.371 e. The van der Waals surface area contributed by atoms with Gasteiger partial charge in [0.05, 0.1) is 5.25 Å². The van der Waals surface area contributed by atoms with E-state index in [9.17, 15) is 9.59 Å². The zero-order chi connectivity index (χ0) is 12.3. The Morgan fingerprint density at radius 1 is 1.50 bits per heavy atom. The molecule has 1 aromatic heterocycles. The molecule has 6 heteroatoms. The topological polar surface area (TPSA) is 87.7 Å². The second-order valence-electron chi connectivity index (χ2n) is 3.29. The minimum Gasteiger partial charge on any atom is -0.480 e. The minimum absolute atomic E-state index is 0.115. The number of aliphatic carboxylic acids is 1. The number of thioether (sulfide) groups is 1. The van der Waals surface area contributed by atoms with Crippen LogP contribution in [0, 0.1) is 6.92 Å². The van der Waals surface area contributed by atoms with Crippen LogP contribution in [0.25, 0.3) is 0 Å². The van der Waals surface area contributed by atoms with Crippen LogP contribution in [0.15, 0.2) is 10.5 Å². The van der Waals surface area contributed by atoms with Gasteiger partial charge < -0.3 is 14.6 Å². The minimum atomic E-state index is -1.12. The predicted octanol–water partition coefficient (Wildman–Crippen LogP) is 1.99. The van der Waals surface area contributed by atoms with Crippen molar-refractivity contribution < 1.29 is 24.2 Å². The van der Waals surface area contributed by atoms with Crippen molar-refractivity contribution in [2.24, 2.45) is 0 Å². The number of carboxylic acid groups (broad SMARTS) is 2. The van der Waals surface area contributed by atoms with Crippen LogP contribution in [0.5, 0.6) is 0 Å². The summed E-state index contributed by atoms with van der Waals surface area (Å²) in [4.78, 5) is 21.2. The molecule has 1 heterocycles. The molecule has 0 spiro atoms. The van der Waals surface area contributed by atoms with Gasteiger partial charge in [0.2, 0.25) is 5.76 Å². The Kier molecular flexibility index (Phi) is 4.00. The Balaban J connectivity index is 2.67. The third kappa shape index (κ3) is 3.03. The predicted molar refractivity (Wildman–Crippen MR) is 58.8 cm³/mol. The van der Waals surface area contributed by atoms with Crippen molar-refractivity contribution in [3.63, 3.8) is 0 Å². The lowest BCUT2D eigenvalue weighted by atomic mass is 10.3. The Labute approximate surface area is 96.5 Å². The Bertz CT molecular complexity index is 409. The molecule has 0 aliphatic rings. The molecule has 0 bridgehead atoms. The second-order valence-corrected chi connectivity index (χ2v) is 4.62. The average molecular weight is 244 g/mol. The molecule has 1 unspecified atom stereocenters. The lowest BCUT2D eigenvalue weighted by Gasteiger charge is -2.04. The first-order valence-electron chi connectivity index (χ1n) is 4.59. The first-order valence-corrected chi connectivity index (χ1v) is 5.63. The molecule has 2 N–H and O–H groups in total. The van der Waals surface area contributed by atoms with Crippen LogP contribution in [0.2, 0.25) is 0 Å². The summed E-state index contributed by atoms with van der Waals surface area (Å²) in [5.74, 6) is -1.18. The molecule has 88 valence electrons. The number of furan rings is 1. The molecule has 0 fully saturated rings. The van der Waals surface area contributed by atoms with Gasteiger partial charge in [-0.2, -0.15) is 0 Å². The van der Waals surface area contributed by atoms with Crippen molar-refractivity contribution in [3.8, 4) is 0 Å². The van der Waals surface area contributed by atoms with E-state index >= 15 is 0 Å². The Morgan fingerprint density at radius 3 is 2.56 bits per heavy atom. The van der Waals surface area contributed by atoms with Crippen LogP contribution in [0.1, 0.15) is 28.8 Å². The fourth-order valence-corrected chi connectivity index (χ4v) is 1.91. The van der Waals surface area contributed by atoms with E-state index in [0.29, 0.717) is 11.5 Å². The summed E-state index contributed by atoms with van der Waals surface area (Å²) in [7, 11) is 0. The van der Waals surface area contributed by atoms with Crippen LogP contribution < -0.4 is 0 Å². The maximum atomic E-state index is 10.6. The van der Waals surface area contributed by atoms with Crippen LogP contribution >= 0.6 is 11.8 Å². The van der Waals surface area contributed by atoms with Crippen LogP contribution in [-0.4, -0.2) is 27.4 Å². The zero-order valence-electron chi connectivity index (χ0n) is 8.89. The lowest BCUT2D eigenvalue weighted by Crippen LogP contribution is -2.11. The molecular weight excluding hydrogens is 232 g/mol. The highest BCUT2D eigenvalue weighted by atomic mass is 32.2. The van der Waals surface area contributed by atoms with Crippen LogP contribution in [0.4, 0.5) is 0 Å². The third-order valence-corrected chi connectivity index (χ3v) is 3.25.